The van der Waals surface area contributed by atoms with Crippen LogP contribution in [0, 0.1) is 6.92 Å². The average molecular weight is 221 g/mol. The Morgan fingerprint density at radius 1 is 0.941 bits per heavy atom. The summed E-state index contributed by atoms with van der Waals surface area (Å²) in [6, 6.07) is 14.3. The molecule has 17 heavy (non-hydrogen) atoms. The van der Waals surface area contributed by atoms with Gasteiger partial charge in [0.05, 0.1) is 5.69 Å². The van der Waals surface area contributed by atoms with Crippen LogP contribution in [0.4, 0.5) is 0 Å². The van der Waals surface area contributed by atoms with Gasteiger partial charge in [-0.05, 0) is 30.7 Å². The zero-order chi connectivity index (χ0) is 11.9. The van der Waals surface area contributed by atoms with Gasteiger partial charge in [0, 0.05) is 6.20 Å². The molecule has 0 aliphatic rings. The quantitative estimate of drug-likeness (QED) is 0.710. The third-order valence-corrected chi connectivity index (χ3v) is 2.40. The van der Waals surface area contributed by atoms with Crippen LogP contribution in [0.15, 0.2) is 60.8 Å². The molecule has 1 nitrogen and oxygen atoms in total. The summed E-state index contributed by atoms with van der Waals surface area (Å²) >= 11 is 0. The molecular formula is C16H15N. The lowest BCUT2D eigenvalue weighted by atomic mass is 10.1. The molecule has 1 aromatic carbocycles. The molecule has 2 rings (SSSR count). The first-order valence-electron chi connectivity index (χ1n) is 5.67. The first-order valence-corrected chi connectivity index (χ1v) is 5.67. The lowest BCUT2D eigenvalue weighted by Crippen LogP contribution is -1.75. The molecule has 0 spiro atoms. The van der Waals surface area contributed by atoms with Gasteiger partial charge < -0.3 is 0 Å². The van der Waals surface area contributed by atoms with Gasteiger partial charge in [0.2, 0.25) is 0 Å². The van der Waals surface area contributed by atoms with Crippen LogP contribution in [0.2, 0.25) is 0 Å². The second-order valence-electron chi connectivity index (χ2n) is 3.89. The fourth-order valence-electron chi connectivity index (χ4n) is 1.57. The Hall–Kier alpha value is -2.15. The highest BCUT2D eigenvalue weighted by Gasteiger charge is 1.86. The molecule has 0 saturated heterocycles. The van der Waals surface area contributed by atoms with Gasteiger partial charge in [0.25, 0.3) is 0 Å². The maximum atomic E-state index is 4.22. The summed E-state index contributed by atoms with van der Waals surface area (Å²) in [5.74, 6) is 0. The van der Waals surface area contributed by atoms with Gasteiger partial charge >= 0.3 is 0 Å². The topological polar surface area (TPSA) is 12.9 Å². The third kappa shape index (κ3) is 3.72. The minimum absolute atomic E-state index is 0.974. The minimum atomic E-state index is 0.974. The van der Waals surface area contributed by atoms with Gasteiger partial charge in [-0.25, -0.2) is 0 Å². The minimum Gasteiger partial charge on any atom is -0.257 e. The number of benzene rings is 1. The zero-order valence-corrected chi connectivity index (χ0v) is 9.88. The van der Waals surface area contributed by atoms with Crippen molar-refractivity contribution in [2.45, 2.75) is 6.92 Å². The van der Waals surface area contributed by atoms with Crippen molar-refractivity contribution in [1.82, 2.24) is 4.98 Å². The van der Waals surface area contributed by atoms with E-state index in [0.29, 0.717) is 0 Å². The zero-order valence-electron chi connectivity index (χ0n) is 9.88. The smallest absolute Gasteiger partial charge is 0.0629 e. The highest BCUT2D eigenvalue weighted by Crippen LogP contribution is 2.06. The maximum absolute atomic E-state index is 4.22. The molecule has 0 N–H and O–H groups in total. The molecule has 0 aliphatic heterocycles. The molecule has 0 amide bonds. The number of hydrogen-bond acceptors (Lipinski definition) is 1. The Balaban J connectivity index is 2.01. The van der Waals surface area contributed by atoms with E-state index in [4.69, 9.17) is 0 Å². The fourth-order valence-corrected chi connectivity index (χ4v) is 1.57. The average Bonchev–Trinajstić information content (AvgIpc) is 2.36. The molecule has 1 heteroatoms. The Labute approximate surface area is 102 Å². The third-order valence-electron chi connectivity index (χ3n) is 2.40. The van der Waals surface area contributed by atoms with E-state index in [1.807, 2.05) is 36.4 Å². The summed E-state index contributed by atoms with van der Waals surface area (Å²) in [6.45, 7) is 2.10. The number of rotatable bonds is 3. The first kappa shape index (κ1) is 11.3. The SMILES string of the molecule is Cc1cccc(/C=C/C=C/c2ccccn2)c1. The standard InChI is InChI=1S/C16H15N/c1-14-7-6-9-15(13-14)8-2-3-10-16-11-4-5-12-17-16/h2-13H,1H3/b8-2+,10-3+. The number of nitrogens with zero attached hydrogens (tertiary/aromatic N) is 1. The monoisotopic (exact) mass is 221 g/mol. The van der Waals surface area contributed by atoms with Gasteiger partial charge in [-0.1, -0.05) is 54.1 Å². The number of aryl methyl sites for hydroxylation is 1. The molecule has 1 aromatic heterocycles. The lowest BCUT2D eigenvalue weighted by molar-refractivity contribution is 1.30. The predicted molar refractivity (Wildman–Crippen MR) is 73.5 cm³/mol. The summed E-state index contributed by atoms with van der Waals surface area (Å²) in [5, 5.41) is 0. The van der Waals surface area contributed by atoms with Crippen molar-refractivity contribution in [2.24, 2.45) is 0 Å². The Morgan fingerprint density at radius 2 is 1.82 bits per heavy atom. The molecule has 0 atom stereocenters. The molecule has 0 fully saturated rings. The highest BCUT2D eigenvalue weighted by atomic mass is 14.6. The molecule has 0 radical (unpaired) electrons. The van der Waals surface area contributed by atoms with Crippen LogP contribution in [0.25, 0.3) is 12.2 Å². The molecule has 0 bridgehead atoms. The van der Waals surface area contributed by atoms with Crippen LogP contribution in [0.1, 0.15) is 16.8 Å². The molecule has 84 valence electrons. The Kier molecular flexibility index (Phi) is 3.87. The Bertz CT molecular complexity index is 524. The second kappa shape index (κ2) is 5.80. The van der Waals surface area contributed by atoms with E-state index in [2.05, 4.69) is 42.2 Å². The van der Waals surface area contributed by atoms with Gasteiger partial charge in [-0.2, -0.15) is 0 Å². The normalized spacial score (nSPS) is 11.4. The molecule has 1 heterocycles. The van der Waals surface area contributed by atoms with E-state index < -0.39 is 0 Å². The van der Waals surface area contributed by atoms with E-state index >= 15 is 0 Å². The van der Waals surface area contributed by atoms with Gasteiger partial charge in [0.15, 0.2) is 0 Å². The van der Waals surface area contributed by atoms with Gasteiger partial charge in [-0.15, -0.1) is 0 Å². The van der Waals surface area contributed by atoms with Crippen molar-refractivity contribution in [2.75, 3.05) is 0 Å². The second-order valence-corrected chi connectivity index (χ2v) is 3.89. The van der Waals surface area contributed by atoms with E-state index in [0.717, 1.165) is 5.69 Å². The number of pyridine rings is 1. The molecule has 0 aliphatic carbocycles. The summed E-state index contributed by atoms with van der Waals surface area (Å²) in [7, 11) is 0. The molecule has 0 saturated carbocycles. The van der Waals surface area contributed by atoms with E-state index in [-0.39, 0.29) is 0 Å². The maximum Gasteiger partial charge on any atom is 0.0629 e. The Morgan fingerprint density at radius 3 is 2.59 bits per heavy atom. The molecule has 0 unspecified atom stereocenters. The van der Waals surface area contributed by atoms with Crippen LogP contribution >= 0.6 is 0 Å². The molecule has 2 aromatic rings. The first-order chi connectivity index (χ1) is 8.34. The lowest BCUT2D eigenvalue weighted by Gasteiger charge is -1.94. The van der Waals surface area contributed by atoms with Crippen LogP contribution in [-0.4, -0.2) is 4.98 Å². The number of aromatic nitrogens is 1. The van der Waals surface area contributed by atoms with Crippen molar-refractivity contribution >= 4 is 12.2 Å². The van der Waals surface area contributed by atoms with Crippen LogP contribution in [0.5, 0.6) is 0 Å². The van der Waals surface area contributed by atoms with Crippen LogP contribution in [-0.2, 0) is 0 Å². The van der Waals surface area contributed by atoms with E-state index in [1.165, 1.54) is 11.1 Å². The van der Waals surface area contributed by atoms with Crippen molar-refractivity contribution in [3.63, 3.8) is 0 Å². The van der Waals surface area contributed by atoms with Crippen LogP contribution < -0.4 is 0 Å². The summed E-state index contributed by atoms with van der Waals surface area (Å²) in [4.78, 5) is 4.22. The summed E-state index contributed by atoms with van der Waals surface area (Å²) in [5.41, 5.74) is 3.47. The van der Waals surface area contributed by atoms with Crippen molar-refractivity contribution in [3.05, 3.63) is 77.6 Å². The fraction of sp³-hybridized carbons (Fsp3) is 0.0625. The summed E-state index contributed by atoms with van der Waals surface area (Å²) in [6.07, 6.45) is 9.91. The van der Waals surface area contributed by atoms with E-state index in [1.54, 1.807) is 6.20 Å². The summed E-state index contributed by atoms with van der Waals surface area (Å²) < 4.78 is 0. The molecular weight excluding hydrogens is 206 g/mol. The van der Waals surface area contributed by atoms with Gasteiger partial charge in [-0.3, -0.25) is 4.98 Å². The van der Waals surface area contributed by atoms with Crippen LogP contribution in [0.3, 0.4) is 0 Å². The number of allylic oxidation sites excluding steroid dienone is 2. The van der Waals surface area contributed by atoms with Crippen molar-refractivity contribution in [3.8, 4) is 0 Å². The van der Waals surface area contributed by atoms with Crippen molar-refractivity contribution < 1.29 is 0 Å². The number of hydrogen-bond donors (Lipinski definition) is 0. The van der Waals surface area contributed by atoms with E-state index in [9.17, 15) is 0 Å². The largest absolute Gasteiger partial charge is 0.257 e. The van der Waals surface area contributed by atoms with Crippen molar-refractivity contribution in [1.29, 1.82) is 0 Å². The predicted octanol–water partition coefficient (Wildman–Crippen LogP) is 4.12. The van der Waals surface area contributed by atoms with Gasteiger partial charge in [0.1, 0.15) is 0 Å². The highest BCUT2D eigenvalue weighted by molar-refractivity contribution is 5.55.